The summed E-state index contributed by atoms with van der Waals surface area (Å²) >= 11 is -1.85. The van der Waals surface area contributed by atoms with Gasteiger partial charge in [-0.25, -0.2) is 4.21 Å². The molecule has 2 nitrogen and oxygen atoms in total. The van der Waals surface area contributed by atoms with Gasteiger partial charge in [-0.15, -0.1) is 0 Å². The molecule has 0 saturated carbocycles. The van der Waals surface area contributed by atoms with Gasteiger partial charge in [-0.05, 0) is 31.0 Å². The van der Waals surface area contributed by atoms with Crippen molar-refractivity contribution < 1.29 is 39.7 Å². The van der Waals surface area contributed by atoms with Crippen molar-refractivity contribution in [2.45, 2.75) is 18.7 Å². The zero-order valence-electron chi connectivity index (χ0n) is 8.50. The van der Waals surface area contributed by atoms with E-state index in [1.807, 2.05) is 19.9 Å². The van der Waals surface area contributed by atoms with E-state index in [0.717, 1.165) is 11.1 Å². The summed E-state index contributed by atoms with van der Waals surface area (Å²) in [4.78, 5) is 0.505. The van der Waals surface area contributed by atoms with Crippen molar-refractivity contribution in [2.24, 2.45) is 0 Å². The molecule has 0 heterocycles. The van der Waals surface area contributed by atoms with Crippen LogP contribution in [-0.2, 0) is 11.1 Å². The van der Waals surface area contributed by atoms with Gasteiger partial charge in [-0.2, -0.15) is 0 Å². The van der Waals surface area contributed by atoms with Crippen LogP contribution in [0.15, 0.2) is 23.1 Å². The third-order valence-electron chi connectivity index (χ3n) is 1.74. The first-order chi connectivity index (χ1) is 5.13. The van der Waals surface area contributed by atoms with Gasteiger partial charge in [0.15, 0.2) is 11.1 Å². The molecule has 1 aromatic rings. The molecule has 1 atom stereocenters. The smallest absolute Gasteiger partial charge is 1.00 e. The van der Waals surface area contributed by atoms with Crippen LogP contribution >= 0.6 is 0 Å². The number of hydrogen-bond donors (Lipinski definition) is 1. The summed E-state index contributed by atoms with van der Waals surface area (Å²) in [5, 5.41) is 0. The van der Waals surface area contributed by atoms with E-state index < -0.39 is 11.1 Å². The van der Waals surface area contributed by atoms with Gasteiger partial charge in [0.2, 0.25) is 0 Å². The summed E-state index contributed by atoms with van der Waals surface area (Å²) in [6.45, 7) is 3.77. The number of benzene rings is 1. The topological polar surface area (TPSA) is 37.3 Å². The van der Waals surface area contributed by atoms with Crippen LogP contribution in [0.3, 0.4) is 0 Å². The van der Waals surface area contributed by atoms with E-state index in [0.29, 0.717) is 4.90 Å². The molecule has 62 valence electrons. The fourth-order valence-corrected chi connectivity index (χ4v) is 1.53. The second kappa shape index (κ2) is 5.14. The Bertz CT molecular complexity index is 304. The van der Waals surface area contributed by atoms with Crippen molar-refractivity contribution in [3.8, 4) is 0 Å². The van der Waals surface area contributed by atoms with Crippen molar-refractivity contribution in [1.82, 2.24) is 0 Å². The molecular weight excluding hydrogens is 183 g/mol. The Hall–Kier alpha value is 0.330. The molecule has 0 aliphatic heterocycles. The molecule has 0 spiro atoms. The Labute approximate surface area is 98.4 Å². The van der Waals surface area contributed by atoms with Gasteiger partial charge in [0, 0.05) is 0 Å². The molecular formula is C8H11NaO2S. The summed E-state index contributed by atoms with van der Waals surface area (Å²) in [6, 6.07) is 5.37. The van der Waals surface area contributed by atoms with Gasteiger partial charge in [0.05, 0.1) is 4.90 Å². The number of aryl methyl sites for hydroxylation is 1. The van der Waals surface area contributed by atoms with Crippen LogP contribution in [0.2, 0.25) is 0 Å². The fourth-order valence-electron chi connectivity index (χ4n) is 0.913. The first kappa shape index (κ1) is 12.3. The molecule has 4 heteroatoms. The molecule has 0 amide bonds. The predicted octanol–water partition coefficient (Wildman–Crippen LogP) is -0.999. The SMILES string of the molecule is Cc1cccc(S(=O)O)c1C.[H-].[Na+]. The Kier molecular flexibility index (Phi) is 5.29. The third-order valence-corrected chi connectivity index (χ3v) is 2.56. The van der Waals surface area contributed by atoms with Gasteiger partial charge in [0.25, 0.3) is 0 Å². The van der Waals surface area contributed by atoms with Gasteiger partial charge < -0.3 is 5.98 Å². The first-order valence-electron chi connectivity index (χ1n) is 3.30. The minimum absolute atomic E-state index is 0. The van der Waals surface area contributed by atoms with Crippen molar-refractivity contribution >= 4 is 11.1 Å². The molecule has 0 fully saturated rings. The minimum Gasteiger partial charge on any atom is -1.00 e. The van der Waals surface area contributed by atoms with Crippen LogP contribution in [-0.4, -0.2) is 8.76 Å². The minimum atomic E-state index is -1.85. The largest absolute Gasteiger partial charge is 1.00 e. The van der Waals surface area contributed by atoms with Crippen LogP contribution in [0.5, 0.6) is 0 Å². The molecule has 1 N–H and O–H groups in total. The standard InChI is InChI=1S/C8H10O2S.Na.H/c1-6-4-3-5-8(7(6)2)11(9)10;;/h3-5H,1-2H3,(H,9,10);;/q;+1;-1. The van der Waals surface area contributed by atoms with Crippen molar-refractivity contribution in [3.05, 3.63) is 29.3 Å². The molecule has 0 aliphatic carbocycles. The maximum atomic E-state index is 10.7. The van der Waals surface area contributed by atoms with Crippen LogP contribution in [0, 0.1) is 13.8 Å². The molecule has 1 rings (SSSR count). The van der Waals surface area contributed by atoms with E-state index in [9.17, 15) is 4.21 Å². The molecule has 0 saturated heterocycles. The van der Waals surface area contributed by atoms with E-state index in [1.54, 1.807) is 12.1 Å². The van der Waals surface area contributed by atoms with Crippen LogP contribution in [0.25, 0.3) is 0 Å². The Morgan fingerprint density at radius 2 is 2.00 bits per heavy atom. The average molecular weight is 194 g/mol. The quantitative estimate of drug-likeness (QED) is 0.460. The summed E-state index contributed by atoms with van der Waals surface area (Å²) in [5.74, 6) is 0. The van der Waals surface area contributed by atoms with E-state index >= 15 is 0 Å². The maximum Gasteiger partial charge on any atom is 1.00 e. The van der Waals surface area contributed by atoms with Gasteiger partial charge >= 0.3 is 29.6 Å². The molecule has 12 heavy (non-hydrogen) atoms. The Balaban J connectivity index is 0. The molecule has 0 aromatic heterocycles. The summed E-state index contributed by atoms with van der Waals surface area (Å²) in [6.07, 6.45) is 0. The summed E-state index contributed by atoms with van der Waals surface area (Å²) < 4.78 is 19.5. The molecule has 0 bridgehead atoms. The van der Waals surface area contributed by atoms with E-state index in [1.165, 1.54) is 0 Å². The third kappa shape index (κ3) is 2.68. The summed E-state index contributed by atoms with van der Waals surface area (Å²) in [7, 11) is 0. The molecule has 1 aromatic carbocycles. The van der Waals surface area contributed by atoms with Crippen molar-refractivity contribution in [2.75, 3.05) is 0 Å². The second-order valence-electron chi connectivity index (χ2n) is 2.45. The van der Waals surface area contributed by atoms with Crippen LogP contribution in [0.4, 0.5) is 0 Å². The number of rotatable bonds is 1. The fraction of sp³-hybridized carbons (Fsp3) is 0.250. The van der Waals surface area contributed by atoms with Crippen molar-refractivity contribution in [1.29, 1.82) is 0 Å². The van der Waals surface area contributed by atoms with E-state index in [-0.39, 0.29) is 31.0 Å². The second-order valence-corrected chi connectivity index (χ2v) is 3.39. The van der Waals surface area contributed by atoms with Crippen molar-refractivity contribution in [3.63, 3.8) is 0 Å². The normalized spacial score (nSPS) is 11.9. The molecule has 0 radical (unpaired) electrons. The van der Waals surface area contributed by atoms with Gasteiger partial charge in [-0.1, -0.05) is 12.1 Å². The Morgan fingerprint density at radius 3 is 2.42 bits per heavy atom. The van der Waals surface area contributed by atoms with E-state index in [2.05, 4.69) is 0 Å². The summed E-state index contributed by atoms with van der Waals surface area (Å²) in [5.41, 5.74) is 1.94. The van der Waals surface area contributed by atoms with E-state index in [4.69, 9.17) is 4.55 Å². The average Bonchev–Trinajstić information content (AvgIpc) is 1.94. The monoisotopic (exact) mass is 194 g/mol. The zero-order valence-corrected chi connectivity index (χ0v) is 10.3. The first-order valence-corrected chi connectivity index (χ1v) is 4.40. The van der Waals surface area contributed by atoms with Gasteiger partial charge in [-0.3, -0.25) is 0 Å². The number of hydrogen-bond acceptors (Lipinski definition) is 1. The molecule has 0 aliphatic rings. The van der Waals surface area contributed by atoms with Gasteiger partial charge in [0.1, 0.15) is 0 Å². The Morgan fingerprint density at radius 1 is 1.42 bits per heavy atom. The molecule has 1 unspecified atom stereocenters. The maximum absolute atomic E-state index is 10.7. The predicted molar refractivity (Wildman–Crippen MR) is 46.1 cm³/mol. The van der Waals surface area contributed by atoms with Crippen LogP contribution in [0.1, 0.15) is 12.6 Å². The van der Waals surface area contributed by atoms with Crippen LogP contribution < -0.4 is 29.6 Å². The zero-order chi connectivity index (χ0) is 8.43.